The highest BCUT2D eigenvalue weighted by Crippen LogP contribution is 2.27. The van der Waals surface area contributed by atoms with Gasteiger partial charge in [0.15, 0.2) is 0 Å². The highest BCUT2D eigenvalue weighted by Gasteiger charge is 2.15. The fourth-order valence-corrected chi connectivity index (χ4v) is 1.92. The molecule has 4 heteroatoms. The summed E-state index contributed by atoms with van der Waals surface area (Å²) in [7, 11) is 0. The van der Waals surface area contributed by atoms with E-state index in [1.54, 1.807) is 0 Å². The summed E-state index contributed by atoms with van der Waals surface area (Å²) in [6, 6.07) is 7.80. The third-order valence-corrected chi connectivity index (χ3v) is 3.26. The summed E-state index contributed by atoms with van der Waals surface area (Å²) >= 11 is 11.8. The highest BCUT2D eigenvalue weighted by atomic mass is 35.5. The van der Waals surface area contributed by atoms with Crippen LogP contribution in [0.3, 0.4) is 0 Å². The molecule has 0 aliphatic heterocycles. The lowest BCUT2D eigenvalue weighted by Gasteiger charge is -2.15. The number of rotatable bonds is 6. The topological polar surface area (TPSA) is 33.0 Å². The van der Waals surface area contributed by atoms with E-state index in [-0.39, 0.29) is 5.41 Å². The Balaban J connectivity index is 2.43. The van der Waals surface area contributed by atoms with Crippen LogP contribution in [0.4, 0.5) is 0 Å². The maximum atomic E-state index is 8.89. The van der Waals surface area contributed by atoms with Crippen molar-refractivity contribution in [2.45, 2.75) is 32.6 Å². The second-order valence-corrected chi connectivity index (χ2v) is 5.52. The number of ether oxygens (including phenoxy) is 1. The second kappa shape index (κ2) is 6.87. The van der Waals surface area contributed by atoms with Crippen LogP contribution in [0.5, 0.6) is 5.75 Å². The first-order valence-electron chi connectivity index (χ1n) is 5.87. The molecular weight excluding hydrogens is 269 g/mol. The SMILES string of the molecule is CC(C)(C#N)CCCOc1ccc(CCl)cc1Cl. The van der Waals surface area contributed by atoms with Crippen molar-refractivity contribution in [2.75, 3.05) is 6.61 Å². The lowest BCUT2D eigenvalue weighted by molar-refractivity contribution is 0.284. The van der Waals surface area contributed by atoms with Gasteiger partial charge < -0.3 is 4.74 Å². The zero-order valence-corrected chi connectivity index (χ0v) is 12.2. The molecule has 0 aliphatic rings. The van der Waals surface area contributed by atoms with E-state index in [4.69, 9.17) is 33.2 Å². The van der Waals surface area contributed by atoms with Crippen molar-refractivity contribution in [2.24, 2.45) is 5.41 Å². The molecule has 0 aromatic heterocycles. The molecule has 0 atom stereocenters. The number of nitrogens with zero attached hydrogens (tertiary/aromatic N) is 1. The van der Waals surface area contributed by atoms with Gasteiger partial charge in [-0.3, -0.25) is 0 Å². The van der Waals surface area contributed by atoms with Gasteiger partial charge >= 0.3 is 0 Å². The molecule has 18 heavy (non-hydrogen) atoms. The van der Waals surface area contributed by atoms with E-state index in [1.807, 2.05) is 32.0 Å². The molecule has 0 radical (unpaired) electrons. The van der Waals surface area contributed by atoms with Crippen LogP contribution in [-0.4, -0.2) is 6.61 Å². The van der Waals surface area contributed by atoms with Gasteiger partial charge in [-0.25, -0.2) is 0 Å². The van der Waals surface area contributed by atoms with Gasteiger partial charge in [-0.05, 0) is 44.4 Å². The summed E-state index contributed by atoms with van der Waals surface area (Å²) < 4.78 is 5.59. The van der Waals surface area contributed by atoms with Crippen LogP contribution < -0.4 is 4.74 Å². The number of nitriles is 1. The normalized spacial score (nSPS) is 11.1. The van der Waals surface area contributed by atoms with Crippen LogP contribution >= 0.6 is 23.2 Å². The smallest absolute Gasteiger partial charge is 0.137 e. The minimum atomic E-state index is -0.296. The summed E-state index contributed by atoms with van der Waals surface area (Å²) in [5, 5.41) is 9.46. The largest absolute Gasteiger partial charge is 0.492 e. The van der Waals surface area contributed by atoms with Crippen LogP contribution in [0.25, 0.3) is 0 Å². The van der Waals surface area contributed by atoms with Gasteiger partial charge in [-0.1, -0.05) is 17.7 Å². The van der Waals surface area contributed by atoms with Gasteiger partial charge in [0, 0.05) is 5.88 Å². The van der Waals surface area contributed by atoms with E-state index in [1.165, 1.54) is 0 Å². The Hall–Kier alpha value is -0.910. The quantitative estimate of drug-likeness (QED) is 0.556. The van der Waals surface area contributed by atoms with Crippen molar-refractivity contribution in [3.05, 3.63) is 28.8 Å². The first kappa shape index (κ1) is 15.1. The summed E-state index contributed by atoms with van der Waals surface area (Å²) in [5.74, 6) is 1.11. The minimum Gasteiger partial charge on any atom is -0.492 e. The van der Waals surface area contributed by atoms with Crippen LogP contribution in [0.1, 0.15) is 32.3 Å². The van der Waals surface area contributed by atoms with Crippen LogP contribution in [0.2, 0.25) is 5.02 Å². The second-order valence-electron chi connectivity index (χ2n) is 4.85. The summed E-state index contributed by atoms with van der Waals surface area (Å²) in [5.41, 5.74) is 0.676. The zero-order valence-electron chi connectivity index (χ0n) is 10.7. The fourth-order valence-electron chi connectivity index (χ4n) is 1.50. The predicted molar refractivity (Wildman–Crippen MR) is 75.1 cm³/mol. The van der Waals surface area contributed by atoms with E-state index in [0.717, 1.165) is 18.4 Å². The maximum absolute atomic E-state index is 8.89. The van der Waals surface area contributed by atoms with Gasteiger partial charge in [-0.15, -0.1) is 11.6 Å². The lowest BCUT2D eigenvalue weighted by atomic mass is 9.90. The van der Waals surface area contributed by atoms with Gasteiger partial charge in [0.25, 0.3) is 0 Å². The molecule has 1 aromatic rings. The molecule has 98 valence electrons. The molecule has 0 heterocycles. The number of hydrogen-bond donors (Lipinski definition) is 0. The number of hydrogen-bond acceptors (Lipinski definition) is 2. The molecule has 1 rings (SSSR count). The van der Waals surface area contributed by atoms with Crippen molar-refractivity contribution in [1.82, 2.24) is 0 Å². The van der Waals surface area contributed by atoms with E-state index in [9.17, 15) is 0 Å². The van der Waals surface area contributed by atoms with E-state index in [2.05, 4.69) is 6.07 Å². The van der Waals surface area contributed by atoms with Gasteiger partial charge in [-0.2, -0.15) is 5.26 Å². The van der Waals surface area contributed by atoms with Crippen LogP contribution in [0, 0.1) is 16.7 Å². The molecular formula is C14H17Cl2NO. The molecule has 1 aromatic carbocycles. The van der Waals surface area contributed by atoms with Crippen molar-refractivity contribution >= 4 is 23.2 Å². The molecule has 2 nitrogen and oxygen atoms in total. The number of benzene rings is 1. The minimum absolute atomic E-state index is 0.296. The van der Waals surface area contributed by atoms with E-state index < -0.39 is 0 Å². The molecule has 0 aliphatic carbocycles. The maximum Gasteiger partial charge on any atom is 0.137 e. The Labute approximate surface area is 118 Å². The average molecular weight is 286 g/mol. The summed E-state index contributed by atoms with van der Waals surface area (Å²) in [6.07, 6.45) is 1.63. The molecule has 0 fully saturated rings. The van der Waals surface area contributed by atoms with Crippen LogP contribution in [-0.2, 0) is 5.88 Å². The Kier molecular flexibility index (Phi) is 5.78. The van der Waals surface area contributed by atoms with Crippen molar-refractivity contribution in [3.8, 4) is 11.8 Å². The van der Waals surface area contributed by atoms with Gasteiger partial charge in [0.1, 0.15) is 5.75 Å². The van der Waals surface area contributed by atoms with Crippen molar-refractivity contribution < 1.29 is 4.74 Å². The first-order chi connectivity index (χ1) is 8.48. The molecule has 0 saturated heterocycles. The third kappa shape index (κ3) is 4.76. The standard InChI is InChI=1S/C14H17Cl2NO/c1-14(2,10-17)6-3-7-18-13-5-4-11(9-15)8-12(13)16/h4-5,8H,3,6-7,9H2,1-2H3. The molecule has 0 unspecified atom stereocenters. The summed E-state index contributed by atoms with van der Waals surface area (Å²) in [6.45, 7) is 4.41. The molecule has 0 saturated carbocycles. The lowest BCUT2D eigenvalue weighted by Crippen LogP contribution is -2.10. The molecule has 0 N–H and O–H groups in total. The molecule has 0 bridgehead atoms. The van der Waals surface area contributed by atoms with Crippen LogP contribution in [0.15, 0.2) is 18.2 Å². The number of halogens is 2. The Bertz CT molecular complexity index is 438. The third-order valence-electron chi connectivity index (χ3n) is 2.66. The van der Waals surface area contributed by atoms with Crippen molar-refractivity contribution in [3.63, 3.8) is 0 Å². The number of alkyl halides is 1. The van der Waals surface area contributed by atoms with E-state index in [0.29, 0.717) is 23.3 Å². The predicted octanol–water partition coefficient (Wildman–Crippen LogP) is 4.79. The highest BCUT2D eigenvalue weighted by molar-refractivity contribution is 6.32. The summed E-state index contributed by atoms with van der Waals surface area (Å²) in [4.78, 5) is 0. The Morgan fingerprint density at radius 1 is 1.39 bits per heavy atom. The van der Waals surface area contributed by atoms with Crippen molar-refractivity contribution in [1.29, 1.82) is 5.26 Å². The average Bonchev–Trinajstić information content (AvgIpc) is 2.36. The Morgan fingerprint density at radius 3 is 2.67 bits per heavy atom. The monoisotopic (exact) mass is 285 g/mol. The van der Waals surface area contributed by atoms with Gasteiger partial charge in [0.05, 0.1) is 23.1 Å². The molecule has 0 amide bonds. The van der Waals surface area contributed by atoms with E-state index >= 15 is 0 Å². The molecule has 0 spiro atoms. The Morgan fingerprint density at radius 2 is 2.11 bits per heavy atom. The fraction of sp³-hybridized carbons (Fsp3) is 0.500. The zero-order chi connectivity index (χ0) is 13.6. The van der Waals surface area contributed by atoms with Gasteiger partial charge in [0.2, 0.25) is 0 Å². The first-order valence-corrected chi connectivity index (χ1v) is 6.78.